The van der Waals surface area contributed by atoms with Gasteiger partial charge in [0.15, 0.2) is 0 Å². The third-order valence-corrected chi connectivity index (χ3v) is 3.74. The fourth-order valence-corrected chi connectivity index (χ4v) is 2.58. The molecule has 102 valence electrons. The second-order valence-electron chi connectivity index (χ2n) is 3.99. The normalized spacial score (nSPS) is 9.70. The average Bonchev–Trinajstić information content (AvgIpc) is 2.90. The summed E-state index contributed by atoms with van der Waals surface area (Å²) in [4.78, 5) is 12.5. The number of hydrogen-bond donors (Lipinski definition) is 2. The van der Waals surface area contributed by atoms with E-state index in [0.717, 1.165) is 11.1 Å². The van der Waals surface area contributed by atoms with Crippen molar-refractivity contribution in [1.29, 1.82) is 0 Å². The smallest absolute Gasteiger partial charge is 0.261 e. The molecular weight excluding hydrogens is 292 g/mol. The van der Waals surface area contributed by atoms with Crippen LogP contribution in [0.3, 0.4) is 0 Å². The summed E-state index contributed by atoms with van der Waals surface area (Å²) in [6, 6.07) is 11.1. The number of rotatable bonds is 3. The van der Waals surface area contributed by atoms with Crippen molar-refractivity contribution in [2.45, 2.75) is 6.54 Å². The number of carbonyl (C=O) groups is 1. The molecule has 0 aliphatic rings. The quantitative estimate of drug-likeness (QED) is 0.857. The topological polar surface area (TPSA) is 55.1 Å². The van der Waals surface area contributed by atoms with Gasteiger partial charge in [-0.1, -0.05) is 35.6 Å². The maximum absolute atomic E-state index is 11.9. The second-order valence-corrected chi connectivity index (χ2v) is 5.71. The monoisotopic (exact) mass is 304 g/mol. The minimum Gasteiger partial charge on any atom is -0.347 e. The molecule has 0 radical (unpaired) electrons. The van der Waals surface area contributed by atoms with Gasteiger partial charge in [0.05, 0.1) is 15.8 Å². The number of hydrogen-bond acceptors (Lipinski definition) is 3. The van der Waals surface area contributed by atoms with Crippen molar-refractivity contribution in [3.63, 3.8) is 0 Å². The van der Waals surface area contributed by atoms with Crippen LogP contribution in [0.2, 0.25) is 4.34 Å². The molecule has 2 rings (SSSR count). The summed E-state index contributed by atoms with van der Waals surface area (Å²) < 4.78 is 0.606. The molecule has 0 atom stereocenters. The van der Waals surface area contributed by atoms with Crippen LogP contribution < -0.4 is 11.1 Å². The molecule has 0 spiro atoms. The zero-order chi connectivity index (χ0) is 14.4. The molecule has 0 saturated carbocycles. The second kappa shape index (κ2) is 7.11. The highest BCUT2D eigenvalue weighted by atomic mass is 35.5. The first kappa shape index (κ1) is 14.6. The van der Waals surface area contributed by atoms with E-state index in [1.165, 1.54) is 11.3 Å². The van der Waals surface area contributed by atoms with Crippen molar-refractivity contribution in [2.24, 2.45) is 5.73 Å². The molecule has 0 unspecified atom stereocenters. The Morgan fingerprint density at radius 3 is 2.90 bits per heavy atom. The van der Waals surface area contributed by atoms with Gasteiger partial charge >= 0.3 is 0 Å². The third-order valence-electron chi connectivity index (χ3n) is 2.51. The molecule has 5 heteroatoms. The Labute approximate surface area is 126 Å². The molecule has 0 aliphatic heterocycles. The lowest BCUT2D eigenvalue weighted by Gasteiger charge is -2.04. The van der Waals surface area contributed by atoms with E-state index in [9.17, 15) is 4.79 Å². The Morgan fingerprint density at radius 2 is 2.20 bits per heavy atom. The van der Waals surface area contributed by atoms with Crippen molar-refractivity contribution >= 4 is 28.8 Å². The minimum absolute atomic E-state index is 0.125. The summed E-state index contributed by atoms with van der Waals surface area (Å²) in [5.41, 5.74) is 7.22. The van der Waals surface area contributed by atoms with Crippen LogP contribution in [0, 0.1) is 11.8 Å². The molecule has 1 amide bonds. The molecule has 1 aromatic heterocycles. The number of halogens is 1. The van der Waals surface area contributed by atoms with E-state index >= 15 is 0 Å². The predicted octanol–water partition coefficient (Wildman–Crippen LogP) is 2.64. The van der Waals surface area contributed by atoms with Gasteiger partial charge in [-0.25, -0.2) is 0 Å². The summed E-state index contributed by atoms with van der Waals surface area (Å²) in [5.74, 6) is 5.64. The van der Waals surface area contributed by atoms with Crippen LogP contribution in [0.1, 0.15) is 20.8 Å². The Hall–Kier alpha value is -1.80. The van der Waals surface area contributed by atoms with Gasteiger partial charge in [-0.3, -0.25) is 4.79 Å². The van der Waals surface area contributed by atoms with Gasteiger partial charge in [0.1, 0.15) is 0 Å². The Kier molecular flexibility index (Phi) is 5.19. The molecule has 0 aliphatic carbocycles. The van der Waals surface area contributed by atoms with Gasteiger partial charge in [-0.2, -0.15) is 0 Å². The number of amides is 1. The number of thiophene rings is 1. The zero-order valence-electron chi connectivity index (χ0n) is 10.7. The number of carbonyl (C=O) groups excluding carboxylic acids is 1. The van der Waals surface area contributed by atoms with Crippen LogP contribution in [0.15, 0.2) is 36.4 Å². The van der Waals surface area contributed by atoms with Crippen molar-refractivity contribution in [1.82, 2.24) is 5.32 Å². The Balaban J connectivity index is 1.98. The van der Waals surface area contributed by atoms with E-state index in [0.29, 0.717) is 22.3 Å². The maximum Gasteiger partial charge on any atom is 0.261 e. The standard InChI is InChI=1S/C15H13ClN2OS/c16-14-7-6-13(20-14)15(19)18-10-12-4-1-3-11(9-12)5-2-8-17/h1,3-4,6-7,9H,8,10,17H2,(H,18,19). The molecule has 0 fully saturated rings. The van der Waals surface area contributed by atoms with Gasteiger partial charge in [0.2, 0.25) is 0 Å². The lowest BCUT2D eigenvalue weighted by Crippen LogP contribution is -2.21. The molecule has 1 aromatic carbocycles. The molecule has 3 N–H and O–H groups in total. The van der Waals surface area contributed by atoms with E-state index < -0.39 is 0 Å². The first-order chi connectivity index (χ1) is 9.69. The largest absolute Gasteiger partial charge is 0.347 e. The minimum atomic E-state index is -0.125. The molecule has 0 saturated heterocycles. The predicted molar refractivity (Wildman–Crippen MR) is 82.9 cm³/mol. The number of benzene rings is 1. The van der Waals surface area contributed by atoms with Crippen molar-refractivity contribution in [2.75, 3.05) is 6.54 Å². The van der Waals surface area contributed by atoms with Crippen LogP contribution in [0.4, 0.5) is 0 Å². The van der Waals surface area contributed by atoms with Crippen LogP contribution in [0.5, 0.6) is 0 Å². The van der Waals surface area contributed by atoms with Crippen LogP contribution in [-0.2, 0) is 6.54 Å². The fraction of sp³-hybridized carbons (Fsp3) is 0.133. The lowest BCUT2D eigenvalue weighted by atomic mass is 10.1. The van der Waals surface area contributed by atoms with Crippen molar-refractivity contribution in [3.8, 4) is 11.8 Å². The van der Waals surface area contributed by atoms with Gasteiger partial charge in [0.25, 0.3) is 5.91 Å². The Bertz CT molecular complexity index is 670. The highest BCUT2D eigenvalue weighted by Gasteiger charge is 2.07. The zero-order valence-corrected chi connectivity index (χ0v) is 12.2. The molecule has 1 heterocycles. The van der Waals surface area contributed by atoms with Crippen LogP contribution in [-0.4, -0.2) is 12.5 Å². The summed E-state index contributed by atoms with van der Waals surface area (Å²) in [5, 5.41) is 2.85. The molecule has 0 bridgehead atoms. The molecule has 3 nitrogen and oxygen atoms in total. The van der Waals surface area contributed by atoms with Gasteiger partial charge in [0, 0.05) is 12.1 Å². The third kappa shape index (κ3) is 4.10. The number of nitrogens with two attached hydrogens (primary N) is 1. The van der Waals surface area contributed by atoms with E-state index in [4.69, 9.17) is 17.3 Å². The van der Waals surface area contributed by atoms with E-state index in [1.54, 1.807) is 12.1 Å². The summed E-state index contributed by atoms with van der Waals surface area (Å²) in [7, 11) is 0. The highest BCUT2D eigenvalue weighted by molar-refractivity contribution is 7.17. The first-order valence-corrected chi connectivity index (χ1v) is 7.20. The van der Waals surface area contributed by atoms with Gasteiger partial charge in [-0.05, 0) is 29.8 Å². The van der Waals surface area contributed by atoms with E-state index in [2.05, 4.69) is 17.2 Å². The van der Waals surface area contributed by atoms with Crippen molar-refractivity contribution < 1.29 is 4.79 Å². The molecule has 20 heavy (non-hydrogen) atoms. The highest BCUT2D eigenvalue weighted by Crippen LogP contribution is 2.21. The molecule has 2 aromatic rings. The summed E-state index contributed by atoms with van der Waals surface area (Å²) >= 11 is 7.07. The van der Waals surface area contributed by atoms with Crippen LogP contribution in [0.25, 0.3) is 0 Å². The van der Waals surface area contributed by atoms with Crippen molar-refractivity contribution in [3.05, 3.63) is 56.7 Å². The fourth-order valence-electron chi connectivity index (χ4n) is 1.62. The van der Waals surface area contributed by atoms with E-state index in [-0.39, 0.29) is 5.91 Å². The van der Waals surface area contributed by atoms with Gasteiger partial charge < -0.3 is 11.1 Å². The lowest BCUT2D eigenvalue weighted by molar-refractivity contribution is 0.0955. The summed E-state index contributed by atoms with van der Waals surface area (Å²) in [6.07, 6.45) is 0. The van der Waals surface area contributed by atoms with Crippen LogP contribution >= 0.6 is 22.9 Å². The average molecular weight is 305 g/mol. The van der Waals surface area contributed by atoms with Gasteiger partial charge in [-0.15, -0.1) is 11.3 Å². The first-order valence-electron chi connectivity index (χ1n) is 6.00. The summed E-state index contributed by atoms with van der Waals surface area (Å²) in [6.45, 7) is 0.784. The molecular formula is C15H13ClN2OS. The number of nitrogens with one attached hydrogen (secondary N) is 1. The maximum atomic E-state index is 11.9. The van der Waals surface area contributed by atoms with E-state index in [1.807, 2.05) is 24.3 Å². The SMILES string of the molecule is NCC#Cc1cccc(CNC(=O)c2ccc(Cl)s2)c1. The Morgan fingerprint density at radius 1 is 1.35 bits per heavy atom.